The zero-order valence-corrected chi connectivity index (χ0v) is 14.4. The Bertz CT molecular complexity index is 401. The number of nitrogens with zero attached hydrogens (tertiary/aromatic N) is 2. The number of hydrogen-bond acceptors (Lipinski definition) is 5. The van der Waals surface area contributed by atoms with Crippen molar-refractivity contribution in [2.24, 2.45) is 0 Å². The zero-order valence-electron chi connectivity index (χ0n) is 13.6. The van der Waals surface area contributed by atoms with E-state index in [1.54, 1.807) is 4.90 Å². The lowest BCUT2D eigenvalue weighted by molar-refractivity contribution is -0.122. The maximum Gasteiger partial charge on any atom is 0.281 e. The van der Waals surface area contributed by atoms with Crippen LogP contribution in [0.25, 0.3) is 0 Å². The number of rotatable bonds is 7. The molecule has 0 aromatic heterocycles. The van der Waals surface area contributed by atoms with Crippen molar-refractivity contribution in [3.8, 4) is 0 Å². The van der Waals surface area contributed by atoms with Crippen LogP contribution in [0.2, 0.25) is 0 Å². The first-order valence-corrected chi connectivity index (χ1v) is 9.05. The summed E-state index contributed by atoms with van der Waals surface area (Å²) in [6.45, 7) is 9.64. The minimum Gasteiger partial charge on any atom is -0.379 e. The van der Waals surface area contributed by atoms with Gasteiger partial charge in [-0.3, -0.25) is 14.5 Å². The van der Waals surface area contributed by atoms with Gasteiger partial charge >= 0.3 is 0 Å². The number of ether oxygens (including phenoxy) is 1. The lowest BCUT2D eigenvalue weighted by atomic mass is 9.95. The molecule has 7 heteroatoms. The Hall–Kier alpha value is -0.790. The van der Waals surface area contributed by atoms with Gasteiger partial charge in [-0.05, 0) is 13.3 Å². The molecule has 2 aliphatic heterocycles. The van der Waals surface area contributed by atoms with Crippen LogP contribution in [-0.4, -0.2) is 78.2 Å². The molecular weight excluding hydrogens is 302 g/mol. The Morgan fingerprint density at radius 3 is 2.68 bits per heavy atom. The van der Waals surface area contributed by atoms with Crippen LogP contribution in [0, 0.1) is 0 Å². The van der Waals surface area contributed by atoms with Gasteiger partial charge in [0.1, 0.15) is 0 Å². The van der Waals surface area contributed by atoms with Gasteiger partial charge in [-0.1, -0.05) is 18.7 Å². The summed E-state index contributed by atoms with van der Waals surface area (Å²) in [6, 6.07) is 0. The molecule has 0 radical (unpaired) electrons. The van der Waals surface area contributed by atoms with Crippen LogP contribution >= 0.6 is 11.8 Å². The molecule has 0 bridgehead atoms. The van der Waals surface area contributed by atoms with E-state index in [0.29, 0.717) is 19.5 Å². The predicted octanol–water partition coefficient (Wildman–Crippen LogP) is 1.16. The molecule has 0 aromatic rings. The second-order valence-electron chi connectivity index (χ2n) is 6.08. The summed E-state index contributed by atoms with van der Waals surface area (Å²) < 4.78 is 5.40. The molecule has 6 nitrogen and oxygen atoms in total. The third-order valence-electron chi connectivity index (χ3n) is 4.66. The van der Waals surface area contributed by atoms with Crippen molar-refractivity contribution < 1.29 is 14.3 Å². The third-order valence-corrected chi connectivity index (χ3v) is 5.55. The summed E-state index contributed by atoms with van der Waals surface area (Å²) in [4.78, 5) is 27.7. The maximum atomic E-state index is 12.1. The second-order valence-corrected chi connectivity index (χ2v) is 7.12. The maximum absolute atomic E-state index is 12.1. The van der Waals surface area contributed by atoms with Gasteiger partial charge in [0.05, 0.1) is 13.2 Å². The molecule has 126 valence electrons. The highest BCUT2D eigenvalue weighted by Crippen LogP contribution is 2.20. The van der Waals surface area contributed by atoms with Gasteiger partial charge in [0.15, 0.2) is 0 Å². The quantitative estimate of drug-likeness (QED) is 0.759. The molecular formula is C15H27N3O3S. The average Bonchev–Trinajstić information content (AvgIpc) is 2.96. The van der Waals surface area contributed by atoms with E-state index in [4.69, 9.17) is 4.74 Å². The molecule has 2 amide bonds. The van der Waals surface area contributed by atoms with Crippen molar-refractivity contribution in [2.45, 2.75) is 32.2 Å². The van der Waals surface area contributed by atoms with Crippen molar-refractivity contribution in [1.29, 1.82) is 0 Å². The molecule has 1 N–H and O–H groups in total. The van der Waals surface area contributed by atoms with Gasteiger partial charge in [-0.15, -0.1) is 0 Å². The largest absolute Gasteiger partial charge is 0.379 e. The predicted molar refractivity (Wildman–Crippen MR) is 88.1 cm³/mol. The molecule has 2 saturated heterocycles. The van der Waals surface area contributed by atoms with E-state index >= 15 is 0 Å². The molecule has 0 unspecified atom stereocenters. The van der Waals surface area contributed by atoms with Gasteiger partial charge in [0.2, 0.25) is 5.91 Å². The molecule has 0 aliphatic carbocycles. The van der Waals surface area contributed by atoms with Gasteiger partial charge < -0.3 is 15.0 Å². The Kier molecular flexibility index (Phi) is 6.52. The molecule has 0 spiro atoms. The van der Waals surface area contributed by atoms with Crippen LogP contribution < -0.4 is 5.32 Å². The Balaban J connectivity index is 1.74. The molecule has 2 heterocycles. The SMILES string of the molecule is CC[C@@](C)(CNC(=O)CCN1CCSC1=O)N1CCOCC1. The van der Waals surface area contributed by atoms with Crippen molar-refractivity contribution in [3.63, 3.8) is 0 Å². The minimum absolute atomic E-state index is 0.0256. The molecule has 0 aromatic carbocycles. The highest BCUT2D eigenvalue weighted by atomic mass is 32.2. The van der Waals surface area contributed by atoms with Crippen molar-refractivity contribution >= 4 is 22.9 Å². The topological polar surface area (TPSA) is 61.9 Å². The fourth-order valence-electron chi connectivity index (χ4n) is 2.81. The highest BCUT2D eigenvalue weighted by molar-refractivity contribution is 8.13. The van der Waals surface area contributed by atoms with Crippen molar-refractivity contribution in [3.05, 3.63) is 0 Å². The average molecular weight is 329 g/mol. The van der Waals surface area contributed by atoms with Gasteiger partial charge in [0, 0.05) is 50.4 Å². The molecule has 1 atom stereocenters. The molecule has 2 aliphatic rings. The minimum atomic E-state index is -0.0290. The summed E-state index contributed by atoms with van der Waals surface area (Å²) in [6.07, 6.45) is 1.36. The highest BCUT2D eigenvalue weighted by Gasteiger charge is 2.31. The lowest BCUT2D eigenvalue weighted by Gasteiger charge is -2.43. The number of thioether (sulfide) groups is 1. The first-order valence-electron chi connectivity index (χ1n) is 8.06. The van der Waals surface area contributed by atoms with Crippen LogP contribution in [0.3, 0.4) is 0 Å². The fourth-order valence-corrected chi connectivity index (χ4v) is 3.66. The number of amides is 2. The number of carbonyl (C=O) groups is 2. The zero-order chi connectivity index (χ0) is 16.0. The molecule has 0 saturated carbocycles. The lowest BCUT2D eigenvalue weighted by Crippen LogP contribution is -2.57. The number of hydrogen-bond donors (Lipinski definition) is 1. The van der Waals surface area contributed by atoms with Crippen molar-refractivity contribution in [1.82, 2.24) is 15.1 Å². The molecule has 22 heavy (non-hydrogen) atoms. The van der Waals surface area contributed by atoms with Gasteiger partial charge in [-0.2, -0.15) is 0 Å². The summed E-state index contributed by atoms with van der Waals surface area (Å²) >= 11 is 1.33. The summed E-state index contributed by atoms with van der Waals surface area (Å²) in [5.41, 5.74) is -0.0290. The standard InChI is InChI=1S/C15H27N3O3S/c1-3-15(2,18-6-9-21-10-7-18)12-16-13(19)4-5-17-8-11-22-14(17)20/h3-12H2,1-2H3,(H,16,19)/t15-/m0/s1. The van der Waals surface area contributed by atoms with Crippen LogP contribution in [-0.2, 0) is 9.53 Å². The fraction of sp³-hybridized carbons (Fsp3) is 0.867. The Morgan fingerprint density at radius 1 is 1.36 bits per heavy atom. The third kappa shape index (κ3) is 4.60. The smallest absolute Gasteiger partial charge is 0.281 e. The van der Waals surface area contributed by atoms with E-state index in [1.165, 1.54) is 11.8 Å². The van der Waals surface area contributed by atoms with E-state index in [0.717, 1.165) is 45.0 Å². The van der Waals surface area contributed by atoms with Crippen LogP contribution in [0.1, 0.15) is 26.7 Å². The monoisotopic (exact) mass is 329 g/mol. The van der Waals surface area contributed by atoms with Crippen LogP contribution in [0.5, 0.6) is 0 Å². The van der Waals surface area contributed by atoms with E-state index in [-0.39, 0.29) is 16.7 Å². The Morgan fingerprint density at radius 2 is 2.09 bits per heavy atom. The summed E-state index contributed by atoms with van der Waals surface area (Å²) in [5.74, 6) is 0.864. The first-order chi connectivity index (χ1) is 10.5. The number of morpholine rings is 1. The number of nitrogens with one attached hydrogen (secondary N) is 1. The van der Waals surface area contributed by atoms with E-state index in [1.807, 2.05) is 0 Å². The van der Waals surface area contributed by atoms with E-state index < -0.39 is 0 Å². The molecule has 2 rings (SSSR count). The van der Waals surface area contributed by atoms with Crippen LogP contribution in [0.4, 0.5) is 4.79 Å². The summed E-state index contributed by atoms with van der Waals surface area (Å²) in [7, 11) is 0. The first kappa shape index (κ1) is 17.6. The summed E-state index contributed by atoms with van der Waals surface area (Å²) in [5, 5.41) is 3.14. The van der Waals surface area contributed by atoms with E-state index in [2.05, 4.69) is 24.1 Å². The molecule has 2 fully saturated rings. The normalized spacial score (nSPS) is 22.6. The van der Waals surface area contributed by atoms with Gasteiger partial charge in [-0.25, -0.2) is 0 Å². The Labute approximate surface area is 136 Å². The van der Waals surface area contributed by atoms with E-state index in [9.17, 15) is 9.59 Å². The van der Waals surface area contributed by atoms with Crippen LogP contribution in [0.15, 0.2) is 0 Å². The second kappa shape index (κ2) is 8.17. The number of carbonyl (C=O) groups excluding carboxylic acids is 2. The van der Waals surface area contributed by atoms with Gasteiger partial charge in [0.25, 0.3) is 5.24 Å². The van der Waals surface area contributed by atoms with Crippen molar-refractivity contribution in [2.75, 3.05) is 51.7 Å².